The van der Waals surface area contributed by atoms with Crippen LogP contribution in [0.2, 0.25) is 0 Å². The van der Waals surface area contributed by atoms with Crippen molar-refractivity contribution in [2.24, 2.45) is 0 Å². The molecule has 0 amide bonds. The first-order chi connectivity index (χ1) is 11.8. The average Bonchev–Trinajstić information content (AvgIpc) is 2.63. The molecule has 4 rings (SSSR count). The summed E-state index contributed by atoms with van der Waals surface area (Å²) in [6.45, 7) is 3.35. The highest BCUT2D eigenvalue weighted by Crippen LogP contribution is 2.25. The summed E-state index contributed by atoms with van der Waals surface area (Å²) >= 11 is 0. The van der Waals surface area contributed by atoms with Gasteiger partial charge in [0.05, 0.1) is 12.7 Å². The zero-order valence-corrected chi connectivity index (χ0v) is 13.5. The summed E-state index contributed by atoms with van der Waals surface area (Å²) in [5, 5.41) is 2.59. The number of morpholine rings is 1. The van der Waals surface area contributed by atoms with Crippen molar-refractivity contribution >= 4 is 10.8 Å². The molecule has 1 aliphatic heterocycles. The normalized spacial score (nSPS) is 18.8. The van der Waals surface area contributed by atoms with Crippen molar-refractivity contribution in [1.82, 2.24) is 4.90 Å². The summed E-state index contributed by atoms with van der Waals surface area (Å²) < 4.78 is 19.0. The van der Waals surface area contributed by atoms with E-state index >= 15 is 0 Å². The highest BCUT2D eigenvalue weighted by Gasteiger charge is 2.22. The van der Waals surface area contributed by atoms with Crippen LogP contribution in [0.3, 0.4) is 0 Å². The van der Waals surface area contributed by atoms with Crippen LogP contribution in [0.1, 0.15) is 17.2 Å². The molecule has 1 unspecified atom stereocenters. The van der Waals surface area contributed by atoms with Gasteiger partial charge in [0.1, 0.15) is 5.82 Å². The van der Waals surface area contributed by atoms with E-state index in [9.17, 15) is 4.39 Å². The standard InChI is InChI=1S/C21H20FNO/c22-19-10-8-17(9-11-19)21-15-23(12-13-24-21)14-18-6-3-5-16-4-1-2-7-20(16)18/h1-11,21H,12-15H2. The summed E-state index contributed by atoms with van der Waals surface area (Å²) in [7, 11) is 0. The predicted octanol–water partition coefficient (Wildman–Crippen LogP) is 4.55. The monoisotopic (exact) mass is 321 g/mol. The largest absolute Gasteiger partial charge is 0.371 e. The van der Waals surface area contributed by atoms with Gasteiger partial charge in [0.2, 0.25) is 0 Å². The molecule has 3 aromatic carbocycles. The molecule has 1 saturated heterocycles. The minimum Gasteiger partial charge on any atom is -0.371 e. The van der Waals surface area contributed by atoms with Crippen LogP contribution in [0.4, 0.5) is 4.39 Å². The van der Waals surface area contributed by atoms with Crippen LogP contribution in [-0.4, -0.2) is 24.6 Å². The Balaban J connectivity index is 1.53. The van der Waals surface area contributed by atoms with Gasteiger partial charge in [-0.05, 0) is 34.0 Å². The van der Waals surface area contributed by atoms with E-state index in [1.165, 1.54) is 28.5 Å². The maximum absolute atomic E-state index is 13.1. The molecule has 2 nitrogen and oxygen atoms in total. The number of rotatable bonds is 3. The molecule has 0 radical (unpaired) electrons. The van der Waals surface area contributed by atoms with Crippen LogP contribution in [0.15, 0.2) is 66.7 Å². The number of hydrogen-bond acceptors (Lipinski definition) is 2. The lowest BCUT2D eigenvalue weighted by molar-refractivity contribution is -0.0328. The highest BCUT2D eigenvalue weighted by atomic mass is 19.1. The van der Waals surface area contributed by atoms with E-state index in [1.807, 2.05) is 12.1 Å². The van der Waals surface area contributed by atoms with Gasteiger partial charge in [-0.15, -0.1) is 0 Å². The van der Waals surface area contributed by atoms with Gasteiger partial charge < -0.3 is 4.74 Å². The molecular weight excluding hydrogens is 301 g/mol. The fourth-order valence-corrected chi connectivity index (χ4v) is 3.40. The van der Waals surface area contributed by atoms with Crippen molar-refractivity contribution in [2.45, 2.75) is 12.6 Å². The van der Waals surface area contributed by atoms with Gasteiger partial charge in [0.15, 0.2) is 0 Å². The first-order valence-corrected chi connectivity index (χ1v) is 8.36. The van der Waals surface area contributed by atoms with E-state index in [2.05, 4.69) is 47.4 Å². The maximum Gasteiger partial charge on any atom is 0.123 e. The van der Waals surface area contributed by atoms with Gasteiger partial charge in [-0.25, -0.2) is 4.39 Å². The topological polar surface area (TPSA) is 12.5 Å². The SMILES string of the molecule is Fc1ccc(C2CN(Cc3cccc4ccccc34)CCO2)cc1. The summed E-state index contributed by atoms with van der Waals surface area (Å²) in [6, 6.07) is 21.6. The Kier molecular flexibility index (Phi) is 4.28. The fraction of sp³-hybridized carbons (Fsp3) is 0.238. The molecule has 0 N–H and O–H groups in total. The van der Waals surface area contributed by atoms with Crippen molar-refractivity contribution in [3.05, 3.63) is 83.7 Å². The van der Waals surface area contributed by atoms with Crippen molar-refractivity contribution in [3.8, 4) is 0 Å². The van der Waals surface area contributed by atoms with Gasteiger partial charge in [-0.2, -0.15) is 0 Å². The van der Waals surface area contributed by atoms with Crippen LogP contribution >= 0.6 is 0 Å². The molecule has 1 aliphatic rings. The quantitative estimate of drug-likeness (QED) is 0.701. The molecule has 0 spiro atoms. The zero-order chi connectivity index (χ0) is 16.4. The second-order valence-corrected chi connectivity index (χ2v) is 6.28. The van der Waals surface area contributed by atoms with E-state index in [4.69, 9.17) is 4.74 Å². The van der Waals surface area contributed by atoms with Crippen LogP contribution in [-0.2, 0) is 11.3 Å². The Bertz CT molecular complexity index is 825. The van der Waals surface area contributed by atoms with E-state index in [1.54, 1.807) is 0 Å². The molecule has 0 aromatic heterocycles. The van der Waals surface area contributed by atoms with Crippen molar-refractivity contribution in [3.63, 3.8) is 0 Å². The third-order valence-electron chi connectivity index (χ3n) is 4.67. The first kappa shape index (κ1) is 15.3. The zero-order valence-electron chi connectivity index (χ0n) is 13.5. The Hall–Kier alpha value is -2.23. The van der Waals surface area contributed by atoms with Gasteiger partial charge in [0, 0.05) is 19.6 Å². The molecular formula is C21H20FNO. The molecule has 1 atom stereocenters. The fourth-order valence-electron chi connectivity index (χ4n) is 3.40. The molecule has 122 valence electrons. The number of fused-ring (bicyclic) bond motifs is 1. The second kappa shape index (κ2) is 6.71. The number of ether oxygens (including phenoxy) is 1. The number of hydrogen-bond donors (Lipinski definition) is 0. The lowest BCUT2D eigenvalue weighted by Gasteiger charge is -2.33. The molecule has 3 aromatic rings. The number of nitrogens with zero attached hydrogens (tertiary/aromatic N) is 1. The third kappa shape index (κ3) is 3.18. The molecule has 0 aliphatic carbocycles. The second-order valence-electron chi connectivity index (χ2n) is 6.28. The molecule has 0 bridgehead atoms. The highest BCUT2D eigenvalue weighted by molar-refractivity contribution is 5.85. The Morgan fingerprint density at radius 2 is 1.75 bits per heavy atom. The Morgan fingerprint density at radius 1 is 0.958 bits per heavy atom. The minimum atomic E-state index is -0.206. The lowest BCUT2D eigenvalue weighted by Crippen LogP contribution is -2.37. The van der Waals surface area contributed by atoms with Crippen molar-refractivity contribution in [2.75, 3.05) is 19.7 Å². The van der Waals surface area contributed by atoms with Crippen LogP contribution < -0.4 is 0 Å². The summed E-state index contributed by atoms with van der Waals surface area (Å²) in [6.07, 6.45) is 0.00864. The van der Waals surface area contributed by atoms with Gasteiger partial charge in [-0.3, -0.25) is 4.90 Å². The minimum absolute atomic E-state index is 0.00864. The van der Waals surface area contributed by atoms with Crippen LogP contribution in [0, 0.1) is 5.82 Å². The molecule has 1 fully saturated rings. The van der Waals surface area contributed by atoms with E-state index < -0.39 is 0 Å². The molecule has 0 saturated carbocycles. The number of benzene rings is 3. The Labute approximate surface area is 141 Å². The molecule has 3 heteroatoms. The smallest absolute Gasteiger partial charge is 0.123 e. The number of halogens is 1. The molecule has 1 heterocycles. The third-order valence-corrected chi connectivity index (χ3v) is 4.67. The van der Waals surface area contributed by atoms with E-state index in [0.29, 0.717) is 6.61 Å². The summed E-state index contributed by atoms with van der Waals surface area (Å²) in [5.41, 5.74) is 2.38. The van der Waals surface area contributed by atoms with Gasteiger partial charge in [-0.1, -0.05) is 54.6 Å². The van der Waals surface area contributed by atoms with Gasteiger partial charge in [0.25, 0.3) is 0 Å². The lowest BCUT2D eigenvalue weighted by atomic mass is 10.0. The van der Waals surface area contributed by atoms with Gasteiger partial charge >= 0.3 is 0 Å². The van der Waals surface area contributed by atoms with Crippen molar-refractivity contribution < 1.29 is 9.13 Å². The van der Waals surface area contributed by atoms with E-state index in [-0.39, 0.29) is 11.9 Å². The van der Waals surface area contributed by atoms with Crippen molar-refractivity contribution in [1.29, 1.82) is 0 Å². The molecule has 24 heavy (non-hydrogen) atoms. The predicted molar refractivity (Wildman–Crippen MR) is 94.3 cm³/mol. The first-order valence-electron chi connectivity index (χ1n) is 8.36. The van der Waals surface area contributed by atoms with Crippen LogP contribution in [0.25, 0.3) is 10.8 Å². The maximum atomic E-state index is 13.1. The van der Waals surface area contributed by atoms with E-state index in [0.717, 1.165) is 25.2 Å². The summed E-state index contributed by atoms with van der Waals surface area (Å²) in [5.74, 6) is -0.206. The Morgan fingerprint density at radius 3 is 2.62 bits per heavy atom. The summed E-state index contributed by atoms with van der Waals surface area (Å²) in [4.78, 5) is 2.42. The van der Waals surface area contributed by atoms with Crippen LogP contribution in [0.5, 0.6) is 0 Å². The average molecular weight is 321 g/mol.